The lowest BCUT2D eigenvalue weighted by Gasteiger charge is -2.25. The van der Waals surface area contributed by atoms with Gasteiger partial charge in [-0.1, -0.05) is 84.6 Å². The number of halogens is 4. The van der Waals surface area contributed by atoms with Gasteiger partial charge in [-0.2, -0.15) is 13.2 Å². The van der Waals surface area contributed by atoms with Gasteiger partial charge < -0.3 is 9.84 Å². The van der Waals surface area contributed by atoms with E-state index in [1.807, 2.05) is 6.92 Å². The molecule has 220 valence electrons. The predicted octanol–water partition coefficient (Wildman–Crippen LogP) is 11.4. The summed E-state index contributed by atoms with van der Waals surface area (Å²) < 4.78 is 48.5. The van der Waals surface area contributed by atoms with E-state index in [0.717, 1.165) is 6.42 Å². The van der Waals surface area contributed by atoms with E-state index < -0.39 is 24.0 Å². The Bertz CT molecular complexity index is 354. The van der Waals surface area contributed by atoms with Crippen LogP contribution in [0.5, 0.6) is 0 Å². The van der Waals surface area contributed by atoms with Gasteiger partial charge in [-0.3, -0.25) is 9.18 Å². The third-order valence-electron chi connectivity index (χ3n) is 4.55. The molecule has 0 bridgehead atoms. The Morgan fingerprint density at radius 3 is 1.47 bits per heavy atom. The summed E-state index contributed by atoms with van der Waals surface area (Å²) in [6.07, 6.45) is 5.22. The molecule has 0 spiro atoms. The molecule has 1 saturated carbocycles. The fourth-order valence-electron chi connectivity index (χ4n) is 2.06. The minimum Gasteiger partial charge on any atom is -0.481 e. The standard InChI is InChI=1S/C10H20O.C6H12O2.C4H7F3.CH3F.6CH4/c1-3-9(2)11-10-7-5-4-6-8-10;1-4-6(2,3)5(7)8;1-2-3-4(5,6)7;1-2;;;;;;/h9-10H,3-8H2,1-2H3;4H2,1-3H3,(H,7,8);2-3H2,1H3;1H3;6*1H4. The largest absolute Gasteiger partial charge is 0.481 e. The van der Waals surface area contributed by atoms with Gasteiger partial charge in [-0.15, -0.1) is 0 Å². The van der Waals surface area contributed by atoms with E-state index in [1.165, 1.54) is 39.0 Å². The third kappa shape index (κ3) is 41.4. The highest BCUT2D eigenvalue weighted by Gasteiger charge is 2.24. The van der Waals surface area contributed by atoms with Crippen molar-refractivity contribution in [3.8, 4) is 0 Å². The monoisotopic (exact) mass is 514 g/mol. The molecule has 1 fully saturated rings. The first kappa shape index (κ1) is 58.8. The second-order valence-electron chi connectivity index (χ2n) is 7.52. The average Bonchev–Trinajstić information content (AvgIpc) is 2.64. The van der Waals surface area contributed by atoms with Crippen molar-refractivity contribution >= 4 is 5.97 Å². The summed E-state index contributed by atoms with van der Waals surface area (Å²) in [7, 11) is 0.500. The Morgan fingerprint density at radius 1 is 0.912 bits per heavy atom. The molecule has 34 heavy (non-hydrogen) atoms. The molecule has 7 heteroatoms. The number of hydrogen-bond acceptors (Lipinski definition) is 2. The van der Waals surface area contributed by atoms with E-state index in [4.69, 9.17) is 9.84 Å². The number of rotatable bonds is 6. The van der Waals surface area contributed by atoms with Gasteiger partial charge in [0.2, 0.25) is 0 Å². The maximum Gasteiger partial charge on any atom is 0.389 e. The van der Waals surface area contributed by atoms with E-state index in [2.05, 4.69) is 13.8 Å². The first-order chi connectivity index (χ1) is 12.9. The van der Waals surface area contributed by atoms with Crippen LogP contribution in [-0.2, 0) is 9.53 Å². The van der Waals surface area contributed by atoms with Crippen molar-refractivity contribution < 1.29 is 32.2 Å². The molecule has 0 aromatic rings. The van der Waals surface area contributed by atoms with E-state index in [-0.39, 0.29) is 51.0 Å². The quantitative estimate of drug-likeness (QED) is 0.358. The maximum absolute atomic E-state index is 11.1. The van der Waals surface area contributed by atoms with Crippen LogP contribution < -0.4 is 0 Å². The maximum atomic E-state index is 11.1. The van der Waals surface area contributed by atoms with E-state index in [0.29, 0.717) is 25.8 Å². The van der Waals surface area contributed by atoms with Gasteiger partial charge in [0, 0.05) is 6.42 Å². The van der Waals surface area contributed by atoms with Crippen molar-refractivity contribution in [2.45, 2.75) is 162 Å². The van der Waals surface area contributed by atoms with Gasteiger partial charge in [0.1, 0.15) is 0 Å². The first-order valence-corrected chi connectivity index (χ1v) is 10.2. The molecule has 3 nitrogen and oxygen atoms in total. The van der Waals surface area contributed by atoms with Crippen molar-refractivity contribution in [2.75, 3.05) is 7.18 Å². The van der Waals surface area contributed by atoms with Gasteiger partial charge in [0.15, 0.2) is 0 Å². The number of carboxylic acid groups (broad SMARTS) is 1. The summed E-state index contributed by atoms with van der Waals surface area (Å²) in [6, 6.07) is 0. The summed E-state index contributed by atoms with van der Waals surface area (Å²) >= 11 is 0. The van der Waals surface area contributed by atoms with Crippen LogP contribution in [0.1, 0.15) is 144 Å². The number of aliphatic carboxylic acids is 1. The molecule has 0 amide bonds. The zero-order valence-electron chi connectivity index (χ0n) is 18.8. The van der Waals surface area contributed by atoms with Crippen LogP contribution >= 0.6 is 0 Å². The highest BCUT2D eigenvalue weighted by Crippen LogP contribution is 2.22. The van der Waals surface area contributed by atoms with E-state index in [9.17, 15) is 22.4 Å². The fraction of sp³-hybridized carbons (Fsp3) is 0.963. The summed E-state index contributed by atoms with van der Waals surface area (Å²) in [5, 5.41) is 8.44. The van der Waals surface area contributed by atoms with Crippen molar-refractivity contribution in [2.24, 2.45) is 5.41 Å². The fourth-order valence-corrected chi connectivity index (χ4v) is 2.06. The second-order valence-corrected chi connectivity index (χ2v) is 7.52. The average molecular weight is 515 g/mol. The molecule has 0 saturated heterocycles. The second kappa shape index (κ2) is 34.3. The highest BCUT2D eigenvalue weighted by molar-refractivity contribution is 5.73. The highest BCUT2D eigenvalue weighted by atomic mass is 19.4. The van der Waals surface area contributed by atoms with Crippen molar-refractivity contribution in [3.05, 3.63) is 0 Å². The summed E-state index contributed by atoms with van der Waals surface area (Å²) in [4.78, 5) is 10.3. The molecule has 0 aromatic carbocycles. The predicted molar refractivity (Wildman–Crippen MR) is 148 cm³/mol. The molecule has 1 rings (SSSR count). The van der Waals surface area contributed by atoms with Crippen LogP contribution in [0.3, 0.4) is 0 Å². The molecule has 0 radical (unpaired) electrons. The van der Waals surface area contributed by atoms with Gasteiger partial charge in [-0.05, 0) is 52.9 Å². The third-order valence-corrected chi connectivity index (χ3v) is 4.55. The molecule has 1 unspecified atom stereocenters. The number of carboxylic acids is 1. The summed E-state index contributed by atoms with van der Waals surface area (Å²) in [5.41, 5.74) is -0.542. The molecule has 1 aliphatic carbocycles. The summed E-state index contributed by atoms with van der Waals surface area (Å²) in [5.74, 6) is -0.722. The minimum absolute atomic E-state index is 0. The SMILES string of the molecule is C.C.C.C.C.C.CCC(C)(C)C(=O)O.CCC(C)OC1CCCCC1.CCCC(F)(F)F.CF. The van der Waals surface area contributed by atoms with Crippen LogP contribution in [0.15, 0.2) is 0 Å². The topological polar surface area (TPSA) is 46.5 Å². The molecular formula is C27H66F4O3. The van der Waals surface area contributed by atoms with Crippen LogP contribution in [0.4, 0.5) is 17.6 Å². The van der Waals surface area contributed by atoms with Crippen LogP contribution in [0.25, 0.3) is 0 Å². The number of hydrogen-bond donors (Lipinski definition) is 1. The Hall–Kier alpha value is -0.850. The first-order valence-electron chi connectivity index (χ1n) is 10.2. The molecule has 0 aromatic heterocycles. The lowest BCUT2D eigenvalue weighted by molar-refractivity contribution is -0.147. The smallest absolute Gasteiger partial charge is 0.389 e. The van der Waals surface area contributed by atoms with Gasteiger partial charge in [0.25, 0.3) is 0 Å². The van der Waals surface area contributed by atoms with Crippen molar-refractivity contribution in [3.63, 3.8) is 0 Å². The Labute approximate surface area is 213 Å². The molecule has 0 heterocycles. The Kier molecular flexibility index (Phi) is 59.3. The van der Waals surface area contributed by atoms with Crippen molar-refractivity contribution in [1.29, 1.82) is 0 Å². The van der Waals surface area contributed by atoms with Crippen molar-refractivity contribution in [1.82, 2.24) is 0 Å². The molecule has 1 atom stereocenters. The summed E-state index contributed by atoms with van der Waals surface area (Å²) in [6.45, 7) is 11.2. The van der Waals surface area contributed by atoms with Gasteiger partial charge in [0.05, 0.1) is 24.8 Å². The molecule has 1 N–H and O–H groups in total. The molecular weight excluding hydrogens is 448 g/mol. The molecule has 1 aliphatic rings. The number of ether oxygens (including phenoxy) is 1. The van der Waals surface area contributed by atoms with E-state index >= 15 is 0 Å². The van der Waals surface area contributed by atoms with Gasteiger partial charge >= 0.3 is 12.1 Å². The lowest BCUT2D eigenvalue weighted by Crippen LogP contribution is -2.21. The Morgan fingerprint density at radius 2 is 1.29 bits per heavy atom. The number of carbonyl (C=O) groups is 1. The Balaban J connectivity index is -0.0000000357. The van der Waals surface area contributed by atoms with Crippen LogP contribution in [0.2, 0.25) is 0 Å². The normalized spacial score (nSPS) is 12.9. The van der Waals surface area contributed by atoms with E-state index in [1.54, 1.807) is 13.8 Å². The lowest BCUT2D eigenvalue weighted by atomic mass is 9.91. The number of alkyl halides is 4. The molecule has 0 aliphatic heterocycles. The van der Waals surface area contributed by atoms with Crippen LogP contribution in [-0.4, -0.2) is 36.6 Å². The minimum atomic E-state index is -3.95. The zero-order valence-corrected chi connectivity index (χ0v) is 18.8. The zero-order chi connectivity index (χ0) is 22.8. The van der Waals surface area contributed by atoms with Gasteiger partial charge in [-0.25, -0.2) is 0 Å². The van der Waals surface area contributed by atoms with Crippen LogP contribution in [0, 0.1) is 5.41 Å².